The normalized spacial score (nSPS) is 11.8. The number of rotatable bonds is 4. The highest BCUT2D eigenvalue weighted by molar-refractivity contribution is 6.04. The first kappa shape index (κ1) is 24.6. The summed E-state index contributed by atoms with van der Waals surface area (Å²) >= 11 is 0. The lowest BCUT2D eigenvalue weighted by molar-refractivity contribution is 0.0941. The highest BCUT2D eigenvalue weighted by Crippen LogP contribution is 2.24. The van der Waals surface area contributed by atoms with E-state index in [1.165, 1.54) is 10.7 Å². The van der Waals surface area contributed by atoms with E-state index in [1.54, 1.807) is 28.6 Å². The van der Waals surface area contributed by atoms with Crippen LogP contribution in [-0.4, -0.2) is 40.1 Å². The van der Waals surface area contributed by atoms with Crippen molar-refractivity contribution in [1.29, 1.82) is 0 Å². The molecule has 1 atom stereocenters. The molecule has 1 amide bonds. The van der Waals surface area contributed by atoms with Crippen LogP contribution in [0.5, 0.6) is 0 Å². The van der Waals surface area contributed by atoms with Crippen LogP contribution in [0.15, 0.2) is 84.2 Å². The van der Waals surface area contributed by atoms with Crippen molar-refractivity contribution in [2.75, 3.05) is 5.73 Å². The molecule has 4 heterocycles. The quantitative estimate of drug-likeness (QED) is 0.335. The molecule has 0 saturated heterocycles. The molecule has 0 spiro atoms. The largest absolute Gasteiger partial charge is 0.381 e. The van der Waals surface area contributed by atoms with Crippen LogP contribution < -0.4 is 16.6 Å². The molecule has 11 nitrogen and oxygen atoms in total. The Balaban J connectivity index is 1.48. The number of nitrogens with zero attached hydrogens (tertiary/aromatic N) is 7. The number of hydrogen-bond donors (Lipinski definition) is 2. The molecule has 0 saturated carbocycles. The fraction of sp³-hybridized carbons (Fsp3) is 0.103. The van der Waals surface area contributed by atoms with Gasteiger partial charge in [0.05, 0.1) is 35.6 Å². The molecule has 0 fully saturated rings. The number of fused-ring (bicyclic) bond motifs is 2. The van der Waals surface area contributed by atoms with Gasteiger partial charge in [-0.3, -0.25) is 18.8 Å². The second kappa shape index (κ2) is 9.85. The molecule has 0 aliphatic heterocycles. The first-order chi connectivity index (χ1) is 19.4. The van der Waals surface area contributed by atoms with Crippen molar-refractivity contribution in [1.82, 2.24) is 39.5 Å². The first-order valence-electron chi connectivity index (χ1n) is 12.4. The van der Waals surface area contributed by atoms with E-state index in [1.807, 2.05) is 67.8 Å². The molecular weight excluding hydrogens is 506 g/mol. The Labute approximate surface area is 227 Å². The summed E-state index contributed by atoms with van der Waals surface area (Å²) in [6.07, 6.45) is 6.49. The summed E-state index contributed by atoms with van der Waals surface area (Å²) < 4.78 is 4.67. The summed E-state index contributed by atoms with van der Waals surface area (Å²) in [5, 5.41) is 20.3. The van der Waals surface area contributed by atoms with Crippen LogP contribution >= 0.6 is 0 Å². The van der Waals surface area contributed by atoms with Crippen LogP contribution in [0.3, 0.4) is 0 Å². The molecule has 196 valence electrons. The molecule has 40 heavy (non-hydrogen) atoms. The highest BCUT2D eigenvalue weighted by atomic mass is 16.2. The number of para-hydroxylation sites is 1. The minimum absolute atomic E-state index is 0.0287. The van der Waals surface area contributed by atoms with Gasteiger partial charge >= 0.3 is 0 Å². The molecule has 0 aliphatic carbocycles. The Morgan fingerprint density at radius 3 is 2.70 bits per heavy atom. The first-order valence-corrected chi connectivity index (χ1v) is 12.4. The molecular formula is C29H23N9O2. The molecule has 0 radical (unpaired) electrons. The Morgan fingerprint density at radius 2 is 1.93 bits per heavy atom. The number of aryl methyl sites for hydroxylation is 1. The Hall–Kier alpha value is -5.76. The van der Waals surface area contributed by atoms with Gasteiger partial charge in [0, 0.05) is 30.2 Å². The molecule has 2 aromatic carbocycles. The Morgan fingerprint density at radius 1 is 1.10 bits per heavy atom. The zero-order valence-corrected chi connectivity index (χ0v) is 21.6. The van der Waals surface area contributed by atoms with Crippen molar-refractivity contribution in [2.45, 2.75) is 13.0 Å². The molecule has 0 bridgehead atoms. The van der Waals surface area contributed by atoms with E-state index in [9.17, 15) is 9.59 Å². The van der Waals surface area contributed by atoms with Crippen molar-refractivity contribution in [3.05, 3.63) is 112 Å². The molecule has 4 aromatic heterocycles. The predicted molar refractivity (Wildman–Crippen MR) is 150 cm³/mol. The second-order valence-corrected chi connectivity index (χ2v) is 9.20. The summed E-state index contributed by atoms with van der Waals surface area (Å²) in [5.74, 6) is 5.77. The zero-order valence-electron chi connectivity index (χ0n) is 21.6. The van der Waals surface area contributed by atoms with E-state index in [4.69, 9.17) is 5.73 Å². The minimum Gasteiger partial charge on any atom is -0.381 e. The summed E-state index contributed by atoms with van der Waals surface area (Å²) in [6.45, 7) is 1.80. The van der Waals surface area contributed by atoms with Crippen molar-refractivity contribution >= 4 is 28.1 Å². The molecule has 11 heteroatoms. The lowest BCUT2D eigenvalue weighted by atomic mass is 10.0. The number of amides is 1. The van der Waals surface area contributed by atoms with E-state index < -0.39 is 11.9 Å². The summed E-state index contributed by atoms with van der Waals surface area (Å²) in [6, 6.07) is 16.1. The van der Waals surface area contributed by atoms with Crippen LogP contribution in [0.25, 0.3) is 22.1 Å². The molecule has 3 N–H and O–H groups in total. The standard InChI is InChI=1S/C29H23N9O2/c1-18(33-28(39)25-26(30)35-37-14-13-31-34-27(25)37)23-15-21-8-6-7-20(12-11-19-16-32-36(2)17-19)24(21)29(40)38(23)22-9-4-3-5-10-22/h3-10,13-18H,1-2H3,(H2,30,35)(H,33,39)/t18-/m0/s1. The number of aromatic nitrogens is 7. The van der Waals surface area contributed by atoms with E-state index >= 15 is 0 Å². The van der Waals surface area contributed by atoms with Gasteiger partial charge in [0.25, 0.3) is 11.5 Å². The van der Waals surface area contributed by atoms with Crippen molar-refractivity contribution in [3.8, 4) is 17.5 Å². The second-order valence-electron chi connectivity index (χ2n) is 9.20. The number of nitrogen functional groups attached to an aromatic ring is 1. The maximum atomic E-state index is 14.1. The van der Waals surface area contributed by atoms with Crippen LogP contribution in [0.2, 0.25) is 0 Å². The van der Waals surface area contributed by atoms with E-state index in [0.717, 1.165) is 5.56 Å². The third-order valence-electron chi connectivity index (χ3n) is 6.49. The van der Waals surface area contributed by atoms with Crippen molar-refractivity contribution in [3.63, 3.8) is 0 Å². The Bertz CT molecular complexity index is 2030. The topological polar surface area (TPSA) is 138 Å². The summed E-state index contributed by atoms with van der Waals surface area (Å²) in [5.41, 5.74) is 8.71. The smallest absolute Gasteiger partial charge is 0.264 e. The number of benzene rings is 2. The maximum Gasteiger partial charge on any atom is 0.264 e. The Kier molecular flexibility index (Phi) is 6.05. The molecule has 0 unspecified atom stereocenters. The number of anilines is 1. The van der Waals surface area contributed by atoms with Gasteiger partial charge in [-0.15, -0.1) is 10.2 Å². The van der Waals surface area contributed by atoms with Gasteiger partial charge in [0.2, 0.25) is 0 Å². The van der Waals surface area contributed by atoms with Crippen LogP contribution in [0, 0.1) is 11.8 Å². The van der Waals surface area contributed by atoms with Gasteiger partial charge in [-0.1, -0.05) is 42.2 Å². The lowest BCUT2D eigenvalue weighted by Crippen LogP contribution is -2.32. The van der Waals surface area contributed by atoms with E-state index in [-0.39, 0.29) is 22.6 Å². The van der Waals surface area contributed by atoms with Crippen molar-refractivity contribution in [2.24, 2.45) is 7.05 Å². The third kappa shape index (κ3) is 4.33. The maximum absolute atomic E-state index is 14.1. The number of nitrogens with two attached hydrogens (primary N) is 1. The van der Waals surface area contributed by atoms with E-state index in [2.05, 4.69) is 37.6 Å². The number of pyridine rings is 1. The monoisotopic (exact) mass is 529 g/mol. The fourth-order valence-corrected chi connectivity index (χ4v) is 4.66. The fourth-order valence-electron chi connectivity index (χ4n) is 4.66. The zero-order chi connectivity index (χ0) is 27.8. The van der Waals surface area contributed by atoms with Gasteiger partial charge in [-0.05, 0) is 36.6 Å². The minimum atomic E-state index is -0.596. The lowest BCUT2D eigenvalue weighted by Gasteiger charge is -2.21. The number of carbonyl (C=O) groups excluding carboxylic acids is 1. The molecule has 6 aromatic rings. The van der Waals surface area contributed by atoms with Crippen LogP contribution in [-0.2, 0) is 7.05 Å². The number of nitrogens with one attached hydrogen (secondary N) is 1. The average molecular weight is 530 g/mol. The highest BCUT2D eigenvalue weighted by Gasteiger charge is 2.24. The summed E-state index contributed by atoms with van der Waals surface area (Å²) in [4.78, 5) is 27.5. The van der Waals surface area contributed by atoms with Crippen LogP contribution in [0.4, 0.5) is 5.82 Å². The molecule has 6 rings (SSSR count). The molecule has 0 aliphatic rings. The SMILES string of the molecule is C[C@H](NC(=O)c1c(N)nn2ccnnc12)c1cc2cccc(C#Cc3cnn(C)c3)c2c(=O)n1-c1ccccc1. The van der Waals surface area contributed by atoms with Gasteiger partial charge < -0.3 is 11.1 Å². The van der Waals surface area contributed by atoms with Gasteiger partial charge in [0.15, 0.2) is 11.5 Å². The van der Waals surface area contributed by atoms with Gasteiger partial charge in [-0.2, -0.15) is 10.2 Å². The van der Waals surface area contributed by atoms with Gasteiger partial charge in [0.1, 0.15) is 5.56 Å². The number of hydrogen-bond acceptors (Lipinski definition) is 7. The number of carbonyl (C=O) groups is 1. The van der Waals surface area contributed by atoms with Gasteiger partial charge in [-0.25, -0.2) is 4.52 Å². The van der Waals surface area contributed by atoms with Crippen LogP contribution in [0.1, 0.15) is 40.1 Å². The average Bonchev–Trinajstić information content (AvgIpc) is 3.53. The third-order valence-corrected chi connectivity index (χ3v) is 6.49. The predicted octanol–water partition coefficient (Wildman–Crippen LogP) is 2.63. The summed E-state index contributed by atoms with van der Waals surface area (Å²) in [7, 11) is 1.82. The van der Waals surface area contributed by atoms with Crippen molar-refractivity contribution < 1.29 is 4.79 Å². The van der Waals surface area contributed by atoms with E-state index in [0.29, 0.717) is 27.7 Å².